The highest BCUT2D eigenvalue weighted by atomic mass is 127. The van der Waals surface area contributed by atoms with Crippen molar-refractivity contribution in [2.24, 2.45) is 10.9 Å². The van der Waals surface area contributed by atoms with Crippen LogP contribution in [0.2, 0.25) is 0 Å². The Bertz CT molecular complexity index is 459. The molecule has 2 N–H and O–H groups in total. The fourth-order valence-electron chi connectivity index (χ4n) is 2.48. The van der Waals surface area contributed by atoms with Crippen molar-refractivity contribution in [1.82, 2.24) is 15.5 Å². The van der Waals surface area contributed by atoms with Gasteiger partial charge in [-0.3, -0.25) is 4.99 Å². The van der Waals surface area contributed by atoms with Gasteiger partial charge in [0.25, 0.3) is 0 Å². The number of rotatable bonds is 5. The van der Waals surface area contributed by atoms with E-state index in [1.165, 1.54) is 0 Å². The maximum absolute atomic E-state index is 12.1. The van der Waals surface area contributed by atoms with Crippen molar-refractivity contribution in [1.29, 1.82) is 0 Å². The smallest absolute Gasteiger partial charge is 0.410 e. The molecule has 1 rings (SSSR count). The molecule has 0 aliphatic carbocycles. The van der Waals surface area contributed by atoms with Crippen molar-refractivity contribution in [3.05, 3.63) is 0 Å². The number of ether oxygens (including phenoxy) is 1. The van der Waals surface area contributed by atoms with Crippen molar-refractivity contribution in [2.45, 2.75) is 57.8 Å². The third kappa shape index (κ3) is 10.1. The van der Waals surface area contributed by atoms with Gasteiger partial charge in [0, 0.05) is 38.0 Å². The number of carbonyl (C=O) groups is 1. The molecule has 1 saturated heterocycles. The molecule has 0 radical (unpaired) electrons. The quantitative estimate of drug-likeness (QED) is 0.344. The summed E-state index contributed by atoms with van der Waals surface area (Å²) in [7, 11) is 1.80. The first-order valence-corrected chi connectivity index (χ1v) is 10.3. The summed E-state index contributed by atoms with van der Waals surface area (Å²) < 4.78 is 5.62. The second-order valence-corrected chi connectivity index (χ2v) is 9.69. The number of nitrogens with zero attached hydrogens (tertiary/aromatic N) is 2. The zero-order valence-electron chi connectivity index (χ0n) is 17.3. The number of nitrogens with one attached hydrogen (secondary N) is 2. The van der Waals surface area contributed by atoms with Gasteiger partial charge in [-0.25, -0.2) is 4.79 Å². The van der Waals surface area contributed by atoms with E-state index < -0.39 is 5.60 Å². The molecule has 0 aromatic rings. The Balaban J connectivity index is 0.00000625. The van der Waals surface area contributed by atoms with E-state index in [1.54, 1.807) is 7.05 Å². The minimum atomic E-state index is -0.432. The lowest BCUT2D eigenvalue weighted by molar-refractivity contribution is 0.0185. The van der Waals surface area contributed by atoms with Crippen LogP contribution >= 0.6 is 35.7 Å². The van der Waals surface area contributed by atoms with E-state index in [0.717, 1.165) is 45.0 Å². The van der Waals surface area contributed by atoms with Crippen LogP contribution in [0, 0.1) is 5.92 Å². The predicted molar refractivity (Wildman–Crippen MR) is 123 cm³/mol. The second kappa shape index (κ2) is 11.5. The fraction of sp³-hybridized carbons (Fsp3) is 0.889. The van der Waals surface area contributed by atoms with Gasteiger partial charge in [0.1, 0.15) is 5.60 Å². The highest BCUT2D eigenvalue weighted by Crippen LogP contribution is 2.20. The summed E-state index contributed by atoms with van der Waals surface area (Å²) in [4.78, 5) is 18.2. The number of guanidine groups is 1. The molecular formula is C18H37IN4O2S. The lowest BCUT2D eigenvalue weighted by Gasteiger charge is -2.33. The van der Waals surface area contributed by atoms with Gasteiger partial charge in [0.2, 0.25) is 0 Å². The molecule has 1 aliphatic rings. The molecule has 1 aliphatic heterocycles. The Morgan fingerprint density at radius 3 is 2.23 bits per heavy atom. The normalized spacial score (nSPS) is 16.7. The van der Waals surface area contributed by atoms with Crippen LogP contribution < -0.4 is 10.6 Å². The maximum Gasteiger partial charge on any atom is 0.410 e. The summed E-state index contributed by atoms with van der Waals surface area (Å²) in [6.07, 6.45) is 3.89. The van der Waals surface area contributed by atoms with E-state index in [-0.39, 0.29) is 34.8 Å². The van der Waals surface area contributed by atoms with Gasteiger partial charge in [-0.1, -0.05) is 0 Å². The van der Waals surface area contributed by atoms with Crippen LogP contribution in [0.4, 0.5) is 4.79 Å². The van der Waals surface area contributed by atoms with E-state index in [9.17, 15) is 4.79 Å². The molecule has 26 heavy (non-hydrogen) atoms. The van der Waals surface area contributed by atoms with E-state index in [0.29, 0.717) is 5.92 Å². The number of hydrogen-bond acceptors (Lipinski definition) is 4. The molecule has 0 aromatic heterocycles. The summed E-state index contributed by atoms with van der Waals surface area (Å²) in [6, 6.07) is 0. The average molecular weight is 500 g/mol. The Kier molecular flexibility index (Phi) is 11.3. The highest BCUT2D eigenvalue weighted by molar-refractivity contribution is 14.0. The third-order valence-corrected chi connectivity index (χ3v) is 5.53. The van der Waals surface area contributed by atoms with Crippen LogP contribution in [-0.4, -0.2) is 66.8 Å². The lowest BCUT2D eigenvalue weighted by Crippen LogP contribution is -2.47. The van der Waals surface area contributed by atoms with Crippen LogP contribution in [-0.2, 0) is 4.74 Å². The van der Waals surface area contributed by atoms with E-state index >= 15 is 0 Å². The Morgan fingerprint density at radius 2 is 1.77 bits per heavy atom. The van der Waals surface area contributed by atoms with Crippen molar-refractivity contribution in [3.63, 3.8) is 0 Å². The third-order valence-electron chi connectivity index (χ3n) is 4.28. The van der Waals surface area contributed by atoms with Gasteiger partial charge >= 0.3 is 6.09 Å². The first kappa shape index (κ1) is 25.6. The second-order valence-electron chi connectivity index (χ2n) is 8.18. The fourth-order valence-corrected chi connectivity index (χ4v) is 2.69. The molecule has 1 amide bonds. The monoisotopic (exact) mass is 500 g/mol. The standard InChI is InChI=1S/C18H36N4O2S.HI/c1-17(2,3)24-16(23)22-10-8-14(9-11-22)12-20-15(19-6)21-13-18(4,5)25-7;/h14H,8-13H2,1-7H3,(H2,19,20,21);1H. The average Bonchev–Trinajstić information content (AvgIpc) is 2.54. The molecule has 6 nitrogen and oxygen atoms in total. The van der Waals surface area contributed by atoms with Crippen LogP contribution in [0.15, 0.2) is 4.99 Å². The number of piperidine rings is 1. The maximum atomic E-state index is 12.1. The molecule has 0 saturated carbocycles. The van der Waals surface area contributed by atoms with Crippen LogP contribution in [0.1, 0.15) is 47.5 Å². The molecule has 154 valence electrons. The summed E-state index contributed by atoms with van der Waals surface area (Å²) in [5.74, 6) is 1.39. The molecule has 1 heterocycles. The van der Waals surface area contributed by atoms with Crippen LogP contribution in [0.3, 0.4) is 0 Å². The largest absolute Gasteiger partial charge is 0.444 e. The molecule has 1 fully saturated rings. The van der Waals surface area contributed by atoms with Crippen molar-refractivity contribution in [3.8, 4) is 0 Å². The molecule has 0 bridgehead atoms. The topological polar surface area (TPSA) is 66.0 Å². The van der Waals surface area contributed by atoms with E-state index in [2.05, 4.69) is 35.7 Å². The number of halogens is 1. The van der Waals surface area contributed by atoms with Gasteiger partial charge in [-0.15, -0.1) is 24.0 Å². The number of amides is 1. The minimum Gasteiger partial charge on any atom is -0.444 e. The Labute approximate surface area is 180 Å². The Hall–Kier alpha value is -0.380. The summed E-state index contributed by atoms with van der Waals surface area (Å²) in [5.41, 5.74) is -0.432. The number of thioether (sulfide) groups is 1. The SMILES string of the molecule is CN=C(NCC1CCN(C(=O)OC(C)(C)C)CC1)NCC(C)(C)SC.I. The van der Waals surface area contributed by atoms with Gasteiger partial charge in [-0.05, 0) is 59.6 Å². The van der Waals surface area contributed by atoms with Gasteiger partial charge < -0.3 is 20.3 Å². The summed E-state index contributed by atoms with van der Waals surface area (Å²) >= 11 is 1.84. The zero-order chi connectivity index (χ0) is 19.1. The summed E-state index contributed by atoms with van der Waals surface area (Å²) in [6.45, 7) is 13.4. The molecule has 8 heteroatoms. The molecular weight excluding hydrogens is 463 g/mol. The van der Waals surface area contributed by atoms with Crippen molar-refractivity contribution >= 4 is 47.8 Å². The first-order valence-electron chi connectivity index (χ1n) is 9.04. The van der Waals surface area contributed by atoms with E-state index in [4.69, 9.17) is 4.74 Å². The highest BCUT2D eigenvalue weighted by Gasteiger charge is 2.27. The number of aliphatic imine (C=N–C) groups is 1. The molecule has 0 aromatic carbocycles. The van der Waals surface area contributed by atoms with Crippen LogP contribution in [0.5, 0.6) is 0 Å². The molecule has 0 unspecified atom stereocenters. The number of likely N-dealkylation sites (tertiary alicyclic amines) is 1. The minimum absolute atomic E-state index is 0. The van der Waals surface area contributed by atoms with Gasteiger partial charge in [0.05, 0.1) is 0 Å². The van der Waals surface area contributed by atoms with Gasteiger partial charge in [-0.2, -0.15) is 11.8 Å². The predicted octanol–water partition coefficient (Wildman–Crippen LogP) is 3.56. The van der Waals surface area contributed by atoms with Gasteiger partial charge in [0.15, 0.2) is 5.96 Å². The zero-order valence-corrected chi connectivity index (χ0v) is 20.5. The van der Waals surface area contributed by atoms with E-state index in [1.807, 2.05) is 37.4 Å². The van der Waals surface area contributed by atoms with Crippen molar-refractivity contribution < 1.29 is 9.53 Å². The lowest BCUT2D eigenvalue weighted by atomic mass is 9.97. The molecule has 0 spiro atoms. The van der Waals surface area contributed by atoms with Crippen LogP contribution in [0.25, 0.3) is 0 Å². The number of hydrogen-bond donors (Lipinski definition) is 2. The molecule has 0 atom stereocenters. The Morgan fingerprint density at radius 1 is 1.19 bits per heavy atom. The summed E-state index contributed by atoms with van der Waals surface area (Å²) in [5, 5.41) is 6.80. The van der Waals surface area contributed by atoms with Crippen molar-refractivity contribution in [2.75, 3.05) is 39.5 Å². The first-order chi connectivity index (χ1) is 11.6. The number of carbonyl (C=O) groups excluding carboxylic acids is 1.